The Morgan fingerprint density at radius 3 is 2.40 bits per heavy atom. The zero-order valence-electron chi connectivity index (χ0n) is 12.0. The van der Waals surface area contributed by atoms with E-state index in [9.17, 15) is 9.59 Å². The van der Waals surface area contributed by atoms with Crippen LogP contribution >= 0.6 is 11.8 Å². The Bertz CT molecular complexity index is 466. The van der Waals surface area contributed by atoms with Crippen LogP contribution in [0.4, 0.5) is 0 Å². The Labute approximate surface area is 121 Å². The minimum atomic E-state index is -1.03. The van der Waals surface area contributed by atoms with E-state index in [0.717, 1.165) is 16.4 Å². The second-order valence-electron chi connectivity index (χ2n) is 4.79. The number of aliphatic carboxylic acids is 1. The van der Waals surface area contributed by atoms with Gasteiger partial charge in [0, 0.05) is 12.1 Å². The van der Waals surface area contributed by atoms with Gasteiger partial charge in [-0.1, -0.05) is 11.8 Å². The monoisotopic (exact) mass is 301 g/mol. The summed E-state index contributed by atoms with van der Waals surface area (Å²) in [5, 5.41) is 19.8. The number of hydrogen-bond donors (Lipinski definition) is 1. The maximum Gasteiger partial charge on any atom is 0.325 e. The van der Waals surface area contributed by atoms with E-state index in [1.807, 2.05) is 27.7 Å². The molecule has 1 N–H and O–H groups in total. The van der Waals surface area contributed by atoms with Crippen molar-refractivity contribution in [2.45, 2.75) is 51.5 Å². The lowest BCUT2D eigenvalue weighted by Gasteiger charge is -2.30. The van der Waals surface area contributed by atoms with Crippen LogP contribution in [0.5, 0.6) is 0 Å². The van der Waals surface area contributed by atoms with Gasteiger partial charge >= 0.3 is 5.97 Å². The third-order valence-electron chi connectivity index (χ3n) is 2.51. The third kappa shape index (κ3) is 4.48. The quantitative estimate of drug-likeness (QED) is 0.731. The summed E-state index contributed by atoms with van der Waals surface area (Å²) in [6.07, 6.45) is 0. The van der Waals surface area contributed by atoms with Gasteiger partial charge in [0.15, 0.2) is 0 Å². The molecule has 112 valence electrons. The Morgan fingerprint density at radius 1 is 1.30 bits per heavy atom. The van der Waals surface area contributed by atoms with Crippen molar-refractivity contribution in [3.8, 4) is 0 Å². The molecule has 0 bridgehead atoms. The average Bonchev–Trinajstić information content (AvgIpc) is 2.71. The van der Waals surface area contributed by atoms with E-state index in [1.54, 1.807) is 4.90 Å². The van der Waals surface area contributed by atoms with Crippen LogP contribution < -0.4 is 0 Å². The molecule has 0 saturated carbocycles. The van der Waals surface area contributed by atoms with Crippen LogP contribution in [0.25, 0.3) is 0 Å². The molecule has 1 aromatic heterocycles. The van der Waals surface area contributed by atoms with E-state index in [0.29, 0.717) is 5.16 Å². The highest BCUT2D eigenvalue weighted by molar-refractivity contribution is 7.99. The normalized spacial score (nSPS) is 11.1. The van der Waals surface area contributed by atoms with Crippen LogP contribution in [0.3, 0.4) is 0 Å². The van der Waals surface area contributed by atoms with Gasteiger partial charge in [0.2, 0.25) is 11.1 Å². The number of rotatable bonds is 7. The molecule has 1 heterocycles. The summed E-state index contributed by atoms with van der Waals surface area (Å²) in [7, 11) is 0. The number of aromatic nitrogens is 4. The molecule has 0 unspecified atom stereocenters. The number of carbonyl (C=O) groups is 2. The average molecular weight is 301 g/mol. The van der Waals surface area contributed by atoms with Crippen LogP contribution in [0.1, 0.15) is 27.7 Å². The number of tetrazole rings is 1. The van der Waals surface area contributed by atoms with E-state index >= 15 is 0 Å². The highest BCUT2D eigenvalue weighted by Gasteiger charge is 2.21. The standard InChI is InChI=1S/C11H19N5O3S/c1-7(2)16(8(3)4)9(17)6-20-11-12-13-14-15(11)5-10(18)19/h7-8H,5-6H2,1-4H3,(H,18,19). The van der Waals surface area contributed by atoms with E-state index in [1.165, 1.54) is 0 Å². The van der Waals surface area contributed by atoms with Gasteiger partial charge in [-0.25, -0.2) is 4.68 Å². The molecule has 0 spiro atoms. The number of thioether (sulfide) groups is 1. The van der Waals surface area contributed by atoms with Crippen LogP contribution in [-0.2, 0) is 16.1 Å². The molecule has 0 aliphatic carbocycles. The molecule has 1 aromatic rings. The lowest BCUT2D eigenvalue weighted by molar-refractivity contribution is -0.138. The summed E-state index contributed by atoms with van der Waals surface area (Å²) >= 11 is 1.14. The van der Waals surface area contributed by atoms with Crippen molar-refractivity contribution < 1.29 is 14.7 Å². The number of carbonyl (C=O) groups excluding carboxylic acids is 1. The molecule has 8 nitrogen and oxygen atoms in total. The molecule has 0 aliphatic heterocycles. The largest absolute Gasteiger partial charge is 0.480 e. The molecular formula is C11H19N5O3S. The summed E-state index contributed by atoms with van der Waals surface area (Å²) in [5.74, 6) is -0.877. The minimum absolute atomic E-state index is 0.0233. The second kappa shape index (κ2) is 7.22. The summed E-state index contributed by atoms with van der Waals surface area (Å²) in [5.41, 5.74) is 0. The lowest BCUT2D eigenvalue weighted by Crippen LogP contribution is -2.43. The molecule has 0 saturated heterocycles. The Morgan fingerprint density at radius 2 is 1.90 bits per heavy atom. The third-order valence-corrected chi connectivity index (χ3v) is 3.45. The molecule has 0 aliphatic rings. The fourth-order valence-corrected chi connectivity index (χ4v) is 2.65. The van der Waals surface area contributed by atoms with E-state index in [-0.39, 0.29) is 30.3 Å². The predicted molar refractivity (Wildman–Crippen MR) is 73.3 cm³/mol. The van der Waals surface area contributed by atoms with Gasteiger partial charge in [0.1, 0.15) is 6.54 Å². The first kappa shape index (κ1) is 16.4. The first-order valence-electron chi connectivity index (χ1n) is 6.24. The van der Waals surface area contributed by atoms with Crippen molar-refractivity contribution in [1.82, 2.24) is 25.1 Å². The Balaban J connectivity index is 2.65. The number of nitrogens with zero attached hydrogens (tertiary/aromatic N) is 5. The van der Waals surface area contributed by atoms with Gasteiger partial charge < -0.3 is 10.0 Å². The van der Waals surface area contributed by atoms with Gasteiger partial charge in [-0.3, -0.25) is 9.59 Å². The number of carboxylic acids is 1. The van der Waals surface area contributed by atoms with E-state index in [4.69, 9.17) is 5.11 Å². The topological polar surface area (TPSA) is 101 Å². The fraction of sp³-hybridized carbons (Fsp3) is 0.727. The summed E-state index contributed by atoms with van der Waals surface area (Å²) in [6.45, 7) is 7.50. The number of amides is 1. The maximum absolute atomic E-state index is 12.2. The molecule has 20 heavy (non-hydrogen) atoms. The summed E-state index contributed by atoms with van der Waals surface area (Å²) in [4.78, 5) is 24.6. The zero-order valence-corrected chi connectivity index (χ0v) is 12.8. The van der Waals surface area contributed by atoms with E-state index in [2.05, 4.69) is 15.5 Å². The van der Waals surface area contributed by atoms with Crippen LogP contribution in [0, 0.1) is 0 Å². The molecular weight excluding hydrogens is 282 g/mol. The first-order valence-corrected chi connectivity index (χ1v) is 7.23. The van der Waals surface area contributed by atoms with Gasteiger partial charge in [-0.2, -0.15) is 0 Å². The SMILES string of the molecule is CC(C)N(C(=O)CSc1nnnn1CC(=O)O)C(C)C. The Hall–Kier alpha value is -1.64. The number of hydrogen-bond acceptors (Lipinski definition) is 6. The second-order valence-corrected chi connectivity index (χ2v) is 5.73. The van der Waals surface area contributed by atoms with Crippen LogP contribution in [0.15, 0.2) is 5.16 Å². The molecule has 0 radical (unpaired) electrons. The molecule has 0 fully saturated rings. The van der Waals surface area contributed by atoms with Crippen molar-refractivity contribution in [1.29, 1.82) is 0 Å². The van der Waals surface area contributed by atoms with Crippen molar-refractivity contribution >= 4 is 23.6 Å². The van der Waals surface area contributed by atoms with E-state index < -0.39 is 5.97 Å². The highest BCUT2D eigenvalue weighted by atomic mass is 32.2. The molecule has 9 heteroatoms. The van der Waals surface area contributed by atoms with Crippen molar-refractivity contribution in [2.75, 3.05) is 5.75 Å². The van der Waals surface area contributed by atoms with Crippen LogP contribution in [-0.4, -0.2) is 59.9 Å². The van der Waals surface area contributed by atoms with Crippen molar-refractivity contribution in [3.05, 3.63) is 0 Å². The van der Waals surface area contributed by atoms with Crippen LogP contribution in [0.2, 0.25) is 0 Å². The van der Waals surface area contributed by atoms with Gasteiger partial charge in [-0.05, 0) is 38.1 Å². The zero-order chi connectivity index (χ0) is 15.3. The number of carboxylic acid groups (broad SMARTS) is 1. The molecule has 0 atom stereocenters. The highest BCUT2D eigenvalue weighted by Crippen LogP contribution is 2.16. The predicted octanol–water partition coefficient (Wildman–Crippen LogP) is 0.495. The van der Waals surface area contributed by atoms with Gasteiger partial charge in [-0.15, -0.1) is 5.10 Å². The smallest absolute Gasteiger partial charge is 0.325 e. The maximum atomic E-state index is 12.2. The van der Waals surface area contributed by atoms with Crippen molar-refractivity contribution in [3.63, 3.8) is 0 Å². The fourth-order valence-electron chi connectivity index (χ4n) is 1.90. The van der Waals surface area contributed by atoms with Crippen molar-refractivity contribution in [2.24, 2.45) is 0 Å². The first-order chi connectivity index (χ1) is 9.32. The molecule has 1 amide bonds. The van der Waals surface area contributed by atoms with Gasteiger partial charge in [0.25, 0.3) is 0 Å². The summed E-state index contributed by atoms with van der Waals surface area (Å²) < 4.78 is 1.16. The minimum Gasteiger partial charge on any atom is -0.480 e. The lowest BCUT2D eigenvalue weighted by atomic mass is 10.2. The Kier molecular flexibility index (Phi) is 5.93. The van der Waals surface area contributed by atoms with Gasteiger partial charge in [0.05, 0.1) is 5.75 Å². The summed E-state index contributed by atoms with van der Waals surface area (Å²) in [6, 6.07) is 0.219. The molecule has 0 aromatic carbocycles. The molecule has 1 rings (SSSR count).